The van der Waals surface area contributed by atoms with Crippen molar-refractivity contribution in [1.82, 2.24) is 44.0 Å². The van der Waals surface area contributed by atoms with Gasteiger partial charge in [-0.2, -0.15) is 20.4 Å². The number of pyridine rings is 1. The number of nitrogens with zero attached hydrogens (tertiary/aromatic N) is 11. The molecule has 1 N–H and O–H groups in total. The van der Waals surface area contributed by atoms with Crippen molar-refractivity contribution < 1.29 is 4.79 Å². The van der Waals surface area contributed by atoms with Gasteiger partial charge in [-0.1, -0.05) is 30.3 Å². The van der Waals surface area contributed by atoms with Crippen molar-refractivity contribution in [3.8, 4) is 17.2 Å². The van der Waals surface area contributed by atoms with E-state index in [1.165, 1.54) is 0 Å². The molecular formula is C30H32N12O. The van der Waals surface area contributed by atoms with Gasteiger partial charge in [-0.05, 0) is 24.7 Å². The number of amides is 1. The molecule has 0 bridgehead atoms. The van der Waals surface area contributed by atoms with E-state index in [1.54, 1.807) is 21.6 Å². The van der Waals surface area contributed by atoms with E-state index in [9.17, 15) is 10.1 Å². The second kappa shape index (κ2) is 10.9. The van der Waals surface area contributed by atoms with Crippen LogP contribution in [0.2, 0.25) is 0 Å². The molecule has 0 spiro atoms. The van der Waals surface area contributed by atoms with Crippen LogP contribution < -0.4 is 10.2 Å². The molecule has 2 aliphatic rings. The largest absolute Gasteiger partial charge is 0.363 e. The molecule has 5 aromatic rings. The van der Waals surface area contributed by atoms with E-state index in [2.05, 4.69) is 55.7 Å². The number of nitrogens with one attached hydrogen (secondary N) is 1. The molecule has 0 saturated carbocycles. The Balaban J connectivity index is 1.04. The van der Waals surface area contributed by atoms with Crippen LogP contribution in [0.4, 0.5) is 17.3 Å². The molecule has 6 heterocycles. The van der Waals surface area contributed by atoms with Crippen molar-refractivity contribution in [2.24, 2.45) is 0 Å². The van der Waals surface area contributed by atoms with E-state index in [-0.39, 0.29) is 12.5 Å². The first kappa shape index (κ1) is 26.7. The van der Waals surface area contributed by atoms with Crippen LogP contribution in [0.1, 0.15) is 6.42 Å². The number of aromatic nitrogens is 7. The Labute approximate surface area is 248 Å². The van der Waals surface area contributed by atoms with Crippen molar-refractivity contribution >= 4 is 28.9 Å². The van der Waals surface area contributed by atoms with Gasteiger partial charge in [-0.3, -0.25) is 14.2 Å². The van der Waals surface area contributed by atoms with Gasteiger partial charge in [0.2, 0.25) is 11.9 Å². The van der Waals surface area contributed by atoms with E-state index in [0.29, 0.717) is 36.8 Å². The summed E-state index contributed by atoms with van der Waals surface area (Å²) in [4.78, 5) is 23.8. The predicted octanol–water partition coefficient (Wildman–Crippen LogP) is 2.44. The minimum absolute atomic E-state index is 0.0617. The van der Waals surface area contributed by atoms with Gasteiger partial charge in [0.05, 0.1) is 36.3 Å². The van der Waals surface area contributed by atoms with Gasteiger partial charge >= 0.3 is 0 Å². The number of hydrogen-bond acceptors (Lipinski definition) is 9. The first-order valence-corrected chi connectivity index (χ1v) is 14.3. The van der Waals surface area contributed by atoms with Gasteiger partial charge in [-0.15, -0.1) is 5.10 Å². The van der Waals surface area contributed by atoms with E-state index >= 15 is 0 Å². The lowest BCUT2D eigenvalue weighted by Crippen LogP contribution is -2.63. The summed E-state index contributed by atoms with van der Waals surface area (Å²) in [7, 11) is 2.07. The van der Waals surface area contributed by atoms with Crippen LogP contribution in [0.25, 0.3) is 16.8 Å². The first-order valence-electron chi connectivity index (χ1n) is 14.3. The lowest BCUT2D eigenvalue weighted by Gasteiger charge is -2.50. The van der Waals surface area contributed by atoms with E-state index in [1.807, 2.05) is 58.5 Å². The average molecular weight is 577 g/mol. The minimum atomic E-state index is -0.425. The zero-order valence-corrected chi connectivity index (χ0v) is 23.9. The lowest BCUT2D eigenvalue weighted by atomic mass is 9.86. The molecule has 2 saturated heterocycles. The van der Waals surface area contributed by atoms with E-state index < -0.39 is 5.54 Å². The molecule has 1 amide bonds. The SMILES string of the molecule is CN1CCN(C(=O)Cn2cc(Nc3nc4c(N5CC(CC#N)(n6cc(-c7ccccc7)cn6)C5)cccn4n3)cn2)CC1. The highest BCUT2D eigenvalue weighted by Gasteiger charge is 2.46. The van der Waals surface area contributed by atoms with Crippen LogP contribution in [-0.2, 0) is 16.9 Å². The van der Waals surface area contributed by atoms with Crippen molar-refractivity contribution in [3.63, 3.8) is 0 Å². The minimum Gasteiger partial charge on any atom is -0.363 e. The smallest absolute Gasteiger partial charge is 0.247 e. The summed E-state index contributed by atoms with van der Waals surface area (Å²) >= 11 is 0. The monoisotopic (exact) mass is 576 g/mol. The molecule has 0 aliphatic carbocycles. The van der Waals surface area contributed by atoms with Crippen LogP contribution in [0, 0.1) is 11.3 Å². The van der Waals surface area contributed by atoms with Crippen LogP contribution >= 0.6 is 0 Å². The summed E-state index contributed by atoms with van der Waals surface area (Å²) in [6.07, 6.45) is 9.56. The summed E-state index contributed by atoms with van der Waals surface area (Å²) in [6.45, 7) is 4.68. The molecule has 2 fully saturated rings. The van der Waals surface area contributed by atoms with E-state index in [0.717, 1.165) is 43.0 Å². The fourth-order valence-electron chi connectivity index (χ4n) is 5.81. The third-order valence-electron chi connectivity index (χ3n) is 8.28. The van der Waals surface area contributed by atoms with Crippen molar-refractivity contribution in [1.29, 1.82) is 5.26 Å². The Kier molecular flexibility index (Phi) is 6.75. The van der Waals surface area contributed by atoms with Crippen LogP contribution in [0.5, 0.6) is 0 Å². The van der Waals surface area contributed by atoms with Gasteiger partial charge in [0, 0.05) is 63.4 Å². The Morgan fingerprint density at radius 3 is 2.60 bits per heavy atom. The second-order valence-corrected chi connectivity index (χ2v) is 11.3. The summed E-state index contributed by atoms with van der Waals surface area (Å²) in [5.41, 5.74) is 4.04. The molecule has 0 unspecified atom stereocenters. The molecule has 13 nitrogen and oxygen atoms in total. The maximum absolute atomic E-state index is 12.7. The van der Waals surface area contributed by atoms with Gasteiger partial charge in [0.25, 0.3) is 0 Å². The molecule has 0 radical (unpaired) electrons. The molecule has 4 aromatic heterocycles. The number of benzene rings is 1. The Morgan fingerprint density at radius 1 is 1.00 bits per heavy atom. The zero-order valence-electron chi connectivity index (χ0n) is 23.9. The fourth-order valence-corrected chi connectivity index (χ4v) is 5.81. The topological polar surface area (TPSA) is 128 Å². The summed E-state index contributed by atoms with van der Waals surface area (Å²) in [5, 5.41) is 26.5. The number of fused-ring (bicyclic) bond motifs is 1. The molecule has 7 rings (SSSR count). The van der Waals surface area contributed by atoms with Gasteiger partial charge in [0.1, 0.15) is 12.1 Å². The number of carbonyl (C=O) groups excluding carboxylic acids is 1. The lowest BCUT2D eigenvalue weighted by molar-refractivity contribution is -0.133. The highest BCUT2D eigenvalue weighted by molar-refractivity contribution is 5.76. The Bertz CT molecular complexity index is 1780. The fraction of sp³-hybridized carbons (Fsp3) is 0.333. The molecule has 2 aliphatic heterocycles. The van der Waals surface area contributed by atoms with Crippen molar-refractivity contribution in [2.75, 3.05) is 56.5 Å². The van der Waals surface area contributed by atoms with E-state index in [4.69, 9.17) is 4.98 Å². The Morgan fingerprint density at radius 2 is 1.81 bits per heavy atom. The Hall–Kier alpha value is -5.22. The number of hydrogen-bond donors (Lipinski definition) is 1. The molecular weight excluding hydrogens is 544 g/mol. The van der Waals surface area contributed by atoms with Gasteiger partial charge in [-0.25, -0.2) is 4.52 Å². The number of nitriles is 1. The molecule has 43 heavy (non-hydrogen) atoms. The highest BCUT2D eigenvalue weighted by atomic mass is 16.2. The first-order chi connectivity index (χ1) is 21.0. The number of rotatable bonds is 8. The molecule has 218 valence electrons. The predicted molar refractivity (Wildman–Crippen MR) is 161 cm³/mol. The van der Waals surface area contributed by atoms with Crippen LogP contribution in [-0.4, -0.2) is 96.2 Å². The van der Waals surface area contributed by atoms with Gasteiger partial charge < -0.3 is 20.0 Å². The second-order valence-electron chi connectivity index (χ2n) is 11.3. The number of anilines is 3. The quantitative estimate of drug-likeness (QED) is 0.296. The highest BCUT2D eigenvalue weighted by Crippen LogP contribution is 2.38. The maximum Gasteiger partial charge on any atom is 0.247 e. The molecule has 0 atom stereocenters. The summed E-state index contributed by atoms with van der Waals surface area (Å²) in [6, 6.07) is 16.4. The average Bonchev–Trinajstić information content (AvgIpc) is 3.76. The van der Waals surface area contributed by atoms with Crippen molar-refractivity contribution in [3.05, 3.63) is 73.4 Å². The number of likely N-dealkylation sites (N-methyl/N-ethyl adjacent to an activating group) is 1. The number of piperazine rings is 1. The van der Waals surface area contributed by atoms with Gasteiger partial charge in [0.15, 0.2) is 5.65 Å². The standard InChI is InChI=1S/C30H32N12O/c1-37-12-14-38(15-13-37)27(43)20-40-19-25(17-32-40)34-29-35-28-26(8-5-11-41(28)36-29)39-21-30(22-39,9-10-31)42-18-24(16-33-42)23-6-3-2-4-7-23/h2-8,11,16-19H,9,12-15,20-22H2,1H3,(H,34,36). The summed E-state index contributed by atoms with van der Waals surface area (Å²) < 4.78 is 5.32. The third kappa shape index (κ3) is 5.17. The third-order valence-corrected chi connectivity index (χ3v) is 8.28. The summed E-state index contributed by atoms with van der Waals surface area (Å²) in [5.74, 6) is 0.493. The van der Waals surface area contributed by atoms with Crippen LogP contribution in [0.15, 0.2) is 73.4 Å². The maximum atomic E-state index is 12.7. The number of carbonyl (C=O) groups is 1. The molecule has 1 aromatic carbocycles. The molecule has 13 heteroatoms. The van der Waals surface area contributed by atoms with Crippen LogP contribution in [0.3, 0.4) is 0 Å². The zero-order chi connectivity index (χ0) is 29.4. The normalized spacial score (nSPS) is 16.7. The van der Waals surface area contributed by atoms with Crippen molar-refractivity contribution in [2.45, 2.75) is 18.5 Å².